The number of nitrogens with zero attached hydrogens (tertiary/aromatic N) is 4. The molecule has 2 aromatic carbocycles. The summed E-state index contributed by atoms with van der Waals surface area (Å²) in [5.41, 5.74) is 0.179. The monoisotopic (exact) mass is 448 g/mol. The highest BCUT2D eigenvalue weighted by Gasteiger charge is 2.16. The van der Waals surface area contributed by atoms with Gasteiger partial charge in [-0.15, -0.1) is 11.3 Å². The number of hydrogen-bond acceptors (Lipinski definition) is 6. The van der Waals surface area contributed by atoms with Crippen molar-refractivity contribution < 1.29 is 8.91 Å². The molecule has 0 aliphatic heterocycles. The molecule has 32 heavy (non-hydrogen) atoms. The lowest BCUT2D eigenvalue weighted by atomic mass is 10.2. The minimum atomic E-state index is -0.448. The molecule has 5 rings (SSSR count). The number of aryl methyl sites for hydroxylation is 1. The molecule has 160 valence electrons. The van der Waals surface area contributed by atoms with E-state index in [1.807, 2.05) is 17.5 Å². The third-order valence-corrected chi connectivity index (χ3v) is 6.07. The fourth-order valence-corrected chi connectivity index (χ4v) is 4.30. The van der Waals surface area contributed by atoms with Crippen molar-refractivity contribution in [1.82, 2.24) is 19.3 Å². The van der Waals surface area contributed by atoms with Gasteiger partial charge in [-0.1, -0.05) is 35.5 Å². The van der Waals surface area contributed by atoms with Crippen LogP contribution in [0, 0.1) is 5.82 Å². The number of benzene rings is 2. The van der Waals surface area contributed by atoms with Gasteiger partial charge in [0.15, 0.2) is 0 Å². The van der Waals surface area contributed by atoms with Crippen molar-refractivity contribution in [3.8, 4) is 11.4 Å². The van der Waals surface area contributed by atoms with Gasteiger partial charge in [-0.25, -0.2) is 9.18 Å². The molecule has 3 heterocycles. The van der Waals surface area contributed by atoms with Crippen molar-refractivity contribution in [3.63, 3.8) is 0 Å². The Kier molecular flexibility index (Phi) is 5.24. The van der Waals surface area contributed by atoms with E-state index in [4.69, 9.17) is 4.52 Å². The van der Waals surface area contributed by atoms with E-state index in [1.54, 1.807) is 47.7 Å². The van der Waals surface area contributed by atoms with Crippen LogP contribution < -0.4 is 11.2 Å². The quantitative estimate of drug-likeness (QED) is 0.396. The summed E-state index contributed by atoms with van der Waals surface area (Å²) in [4.78, 5) is 31.7. The molecule has 0 N–H and O–H groups in total. The Bertz CT molecular complexity index is 1520. The maximum Gasteiger partial charge on any atom is 0.331 e. The number of rotatable bonds is 6. The fourth-order valence-electron chi connectivity index (χ4n) is 3.60. The highest BCUT2D eigenvalue weighted by Crippen LogP contribution is 2.18. The van der Waals surface area contributed by atoms with Crippen LogP contribution in [0.25, 0.3) is 22.3 Å². The van der Waals surface area contributed by atoms with Crippen LogP contribution in [-0.4, -0.2) is 19.3 Å². The zero-order valence-electron chi connectivity index (χ0n) is 16.8. The fraction of sp³-hybridized carbons (Fsp3) is 0.130. The summed E-state index contributed by atoms with van der Waals surface area (Å²) in [6.45, 7) is 0.252. The molecule has 0 fully saturated rings. The summed E-state index contributed by atoms with van der Waals surface area (Å²) in [5.74, 6) is -0.00304. The van der Waals surface area contributed by atoms with E-state index in [1.165, 1.54) is 21.3 Å². The first-order valence-corrected chi connectivity index (χ1v) is 10.8. The number of para-hydroxylation sites is 1. The molecule has 0 aliphatic rings. The normalized spacial score (nSPS) is 11.3. The SMILES string of the molecule is O=c1c2ccccc2n(Cc2nc(-c3cccc(F)c3)no2)c(=O)n1CCc1cccs1. The Morgan fingerprint density at radius 1 is 1.00 bits per heavy atom. The molecule has 5 aromatic rings. The van der Waals surface area contributed by atoms with E-state index in [0.29, 0.717) is 22.9 Å². The first-order chi connectivity index (χ1) is 15.6. The van der Waals surface area contributed by atoms with Gasteiger partial charge in [0.25, 0.3) is 5.56 Å². The van der Waals surface area contributed by atoms with Crippen molar-refractivity contribution in [1.29, 1.82) is 0 Å². The summed E-state index contributed by atoms with van der Waals surface area (Å²) in [6, 6.07) is 16.7. The minimum Gasteiger partial charge on any atom is -0.337 e. The first-order valence-electron chi connectivity index (χ1n) is 9.93. The maximum absolute atomic E-state index is 13.5. The van der Waals surface area contributed by atoms with E-state index in [2.05, 4.69) is 10.1 Å². The Morgan fingerprint density at radius 2 is 1.88 bits per heavy atom. The molecule has 0 spiro atoms. The predicted molar refractivity (Wildman–Crippen MR) is 119 cm³/mol. The molecule has 0 atom stereocenters. The molecule has 0 amide bonds. The molecule has 0 radical (unpaired) electrons. The lowest BCUT2D eigenvalue weighted by molar-refractivity contribution is 0.369. The maximum atomic E-state index is 13.5. The lowest BCUT2D eigenvalue weighted by Crippen LogP contribution is -2.40. The van der Waals surface area contributed by atoms with Crippen LogP contribution in [0.4, 0.5) is 4.39 Å². The molecule has 0 saturated carbocycles. The number of aromatic nitrogens is 4. The van der Waals surface area contributed by atoms with Crippen LogP contribution >= 0.6 is 11.3 Å². The van der Waals surface area contributed by atoms with Crippen LogP contribution in [0.2, 0.25) is 0 Å². The average molecular weight is 448 g/mol. The van der Waals surface area contributed by atoms with Gasteiger partial charge in [0, 0.05) is 17.0 Å². The first kappa shape index (κ1) is 20.1. The van der Waals surface area contributed by atoms with Crippen molar-refractivity contribution >= 4 is 22.2 Å². The highest BCUT2D eigenvalue weighted by atomic mass is 32.1. The van der Waals surface area contributed by atoms with Gasteiger partial charge in [0.1, 0.15) is 12.4 Å². The molecule has 0 unspecified atom stereocenters. The van der Waals surface area contributed by atoms with E-state index < -0.39 is 11.5 Å². The van der Waals surface area contributed by atoms with Gasteiger partial charge in [-0.3, -0.25) is 13.9 Å². The van der Waals surface area contributed by atoms with Crippen molar-refractivity contribution in [2.45, 2.75) is 19.5 Å². The van der Waals surface area contributed by atoms with E-state index >= 15 is 0 Å². The molecule has 3 aromatic heterocycles. The van der Waals surface area contributed by atoms with E-state index in [9.17, 15) is 14.0 Å². The molecule has 7 nitrogen and oxygen atoms in total. The molecular formula is C23H17FN4O3S. The topological polar surface area (TPSA) is 82.9 Å². The molecule has 0 saturated heterocycles. The number of hydrogen-bond donors (Lipinski definition) is 0. The summed E-state index contributed by atoms with van der Waals surface area (Å²) in [7, 11) is 0. The average Bonchev–Trinajstić information content (AvgIpc) is 3.49. The number of fused-ring (bicyclic) bond motifs is 1. The van der Waals surface area contributed by atoms with Gasteiger partial charge in [0.05, 0.1) is 10.9 Å². The second-order valence-electron chi connectivity index (χ2n) is 7.19. The molecular weight excluding hydrogens is 431 g/mol. The summed E-state index contributed by atoms with van der Waals surface area (Å²) < 4.78 is 21.5. The minimum absolute atomic E-state index is 0.0130. The largest absolute Gasteiger partial charge is 0.337 e. The predicted octanol–water partition coefficient (Wildman–Crippen LogP) is 3.70. The van der Waals surface area contributed by atoms with Crippen LogP contribution in [0.1, 0.15) is 10.8 Å². The Labute approximate surface area is 185 Å². The van der Waals surface area contributed by atoms with Crippen LogP contribution in [-0.2, 0) is 19.5 Å². The molecule has 0 bridgehead atoms. The third kappa shape index (κ3) is 3.78. The Hall–Kier alpha value is -3.85. The molecule has 0 aliphatic carbocycles. The second kappa shape index (κ2) is 8.35. The zero-order valence-corrected chi connectivity index (χ0v) is 17.6. The van der Waals surface area contributed by atoms with Crippen LogP contribution in [0.5, 0.6) is 0 Å². The van der Waals surface area contributed by atoms with Gasteiger partial charge in [0.2, 0.25) is 11.7 Å². The summed E-state index contributed by atoms with van der Waals surface area (Å²) in [5, 5.41) is 6.30. The standard InChI is InChI=1S/C23H17FN4O3S/c24-16-6-3-5-15(13-16)21-25-20(31-26-21)14-28-19-9-2-1-8-18(19)22(29)27(23(28)30)11-10-17-7-4-12-32-17/h1-9,12-13H,10-11,14H2. The second-order valence-corrected chi connectivity index (χ2v) is 8.23. The van der Waals surface area contributed by atoms with Crippen molar-refractivity contribution in [3.05, 3.63) is 103 Å². The Balaban J connectivity index is 1.55. The van der Waals surface area contributed by atoms with E-state index in [0.717, 1.165) is 4.88 Å². The van der Waals surface area contributed by atoms with Gasteiger partial charge >= 0.3 is 5.69 Å². The van der Waals surface area contributed by atoms with Crippen molar-refractivity contribution in [2.24, 2.45) is 0 Å². The molecule has 9 heteroatoms. The van der Waals surface area contributed by atoms with Crippen LogP contribution in [0.3, 0.4) is 0 Å². The van der Waals surface area contributed by atoms with E-state index in [-0.39, 0.29) is 30.4 Å². The summed E-state index contributed by atoms with van der Waals surface area (Å²) in [6.07, 6.45) is 0.579. The number of halogens is 1. The lowest BCUT2D eigenvalue weighted by Gasteiger charge is -2.12. The highest BCUT2D eigenvalue weighted by molar-refractivity contribution is 7.09. The number of thiophene rings is 1. The zero-order chi connectivity index (χ0) is 22.1. The van der Waals surface area contributed by atoms with Gasteiger partial charge < -0.3 is 4.52 Å². The summed E-state index contributed by atoms with van der Waals surface area (Å²) >= 11 is 1.58. The van der Waals surface area contributed by atoms with Gasteiger partial charge in [-0.05, 0) is 42.1 Å². The Morgan fingerprint density at radius 3 is 2.69 bits per heavy atom. The third-order valence-electron chi connectivity index (χ3n) is 5.14. The van der Waals surface area contributed by atoms with Crippen molar-refractivity contribution in [2.75, 3.05) is 0 Å². The van der Waals surface area contributed by atoms with Crippen LogP contribution in [0.15, 0.2) is 80.2 Å². The van der Waals surface area contributed by atoms with Gasteiger partial charge in [-0.2, -0.15) is 4.98 Å². The smallest absolute Gasteiger partial charge is 0.331 e.